The van der Waals surface area contributed by atoms with E-state index in [1.807, 2.05) is 30.3 Å². The van der Waals surface area contributed by atoms with E-state index in [0.717, 1.165) is 10.2 Å². The first-order valence-corrected chi connectivity index (χ1v) is 7.91. The Hall–Kier alpha value is -2.14. The SMILES string of the molecule is CN(CCOc1ccccc1)C(=O)/C=C/c1cc(Br)ccc1F. The number of amides is 1. The van der Waals surface area contributed by atoms with Crippen LogP contribution in [0.4, 0.5) is 4.39 Å². The lowest BCUT2D eigenvalue weighted by Crippen LogP contribution is -2.29. The smallest absolute Gasteiger partial charge is 0.246 e. The Morgan fingerprint density at radius 1 is 1.26 bits per heavy atom. The third-order valence-electron chi connectivity index (χ3n) is 3.18. The second-order valence-electron chi connectivity index (χ2n) is 4.92. The maximum absolute atomic E-state index is 13.6. The Labute approximate surface area is 143 Å². The van der Waals surface area contributed by atoms with Gasteiger partial charge in [-0.2, -0.15) is 0 Å². The van der Waals surface area contributed by atoms with E-state index >= 15 is 0 Å². The quantitative estimate of drug-likeness (QED) is 0.708. The minimum Gasteiger partial charge on any atom is -0.492 e. The highest BCUT2D eigenvalue weighted by atomic mass is 79.9. The van der Waals surface area contributed by atoms with Crippen molar-refractivity contribution < 1.29 is 13.9 Å². The maximum Gasteiger partial charge on any atom is 0.246 e. The van der Waals surface area contributed by atoms with Crippen LogP contribution < -0.4 is 4.74 Å². The van der Waals surface area contributed by atoms with Gasteiger partial charge in [-0.3, -0.25) is 4.79 Å². The van der Waals surface area contributed by atoms with E-state index < -0.39 is 0 Å². The van der Waals surface area contributed by atoms with Crippen LogP contribution in [-0.2, 0) is 4.79 Å². The largest absolute Gasteiger partial charge is 0.492 e. The van der Waals surface area contributed by atoms with Crippen LogP contribution in [0.25, 0.3) is 6.08 Å². The highest BCUT2D eigenvalue weighted by Crippen LogP contribution is 2.16. The van der Waals surface area contributed by atoms with Crippen LogP contribution in [0.15, 0.2) is 59.1 Å². The van der Waals surface area contributed by atoms with Gasteiger partial charge in [0.05, 0.1) is 6.54 Å². The molecule has 0 saturated carbocycles. The third-order valence-corrected chi connectivity index (χ3v) is 3.67. The van der Waals surface area contributed by atoms with Gasteiger partial charge in [-0.15, -0.1) is 0 Å². The number of hydrogen-bond acceptors (Lipinski definition) is 2. The third kappa shape index (κ3) is 5.53. The molecular weight excluding hydrogens is 361 g/mol. The highest BCUT2D eigenvalue weighted by Gasteiger charge is 2.06. The van der Waals surface area contributed by atoms with E-state index in [1.54, 1.807) is 19.2 Å². The molecule has 0 unspecified atom stereocenters. The van der Waals surface area contributed by atoms with Gasteiger partial charge in [-0.25, -0.2) is 4.39 Å². The number of carbonyl (C=O) groups is 1. The fourth-order valence-electron chi connectivity index (χ4n) is 1.86. The summed E-state index contributed by atoms with van der Waals surface area (Å²) in [6, 6.07) is 14.0. The first kappa shape index (κ1) is 17.2. The molecule has 0 aliphatic rings. The molecule has 3 nitrogen and oxygen atoms in total. The standard InChI is InChI=1S/C18H17BrFNO2/c1-21(11-12-23-16-5-3-2-4-6-16)18(22)10-7-14-13-15(19)8-9-17(14)20/h2-10,13H,11-12H2,1H3/b10-7+. The number of para-hydroxylation sites is 1. The van der Waals surface area contributed by atoms with Gasteiger partial charge in [0.1, 0.15) is 18.2 Å². The van der Waals surface area contributed by atoms with E-state index in [1.165, 1.54) is 23.1 Å². The van der Waals surface area contributed by atoms with Crippen LogP contribution in [0.1, 0.15) is 5.56 Å². The Bertz CT molecular complexity index is 689. The van der Waals surface area contributed by atoms with E-state index in [4.69, 9.17) is 4.74 Å². The molecule has 0 aromatic heterocycles. The molecule has 2 rings (SSSR count). The predicted octanol–water partition coefficient (Wildman–Crippen LogP) is 4.14. The first-order chi connectivity index (χ1) is 11.1. The van der Waals surface area contributed by atoms with Crippen LogP contribution in [0.5, 0.6) is 5.75 Å². The van der Waals surface area contributed by atoms with Crippen molar-refractivity contribution in [2.24, 2.45) is 0 Å². The lowest BCUT2D eigenvalue weighted by molar-refractivity contribution is -0.125. The van der Waals surface area contributed by atoms with Crippen molar-refractivity contribution in [3.8, 4) is 5.75 Å². The van der Waals surface area contributed by atoms with Crippen molar-refractivity contribution in [1.29, 1.82) is 0 Å². The number of carbonyl (C=O) groups excluding carboxylic acids is 1. The summed E-state index contributed by atoms with van der Waals surface area (Å²) in [5.74, 6) is 0.188. The molecular formula is C18H17BrFNO2. The topological polar surface area (TPSA) is 29.5 Å². The lowest BCUT2D eigenvalue weighted by Gasteiger charge is -2.15. The number of hydrogen-bond donors (Lipinski definition) is 0. The van der Waals surface area contributed by atoms with Gasteiger partial charge in [0, 0.05) is 23.2 Å². The molecule has 0 saturated heterocycles. The Kier molecular flexibility index (Phi) is 6.35. The zero-order valence-corrected chi connectivity index (χ0v) is 14.3. The van der Waals surface area contributed by atoms with Crippen molar-refractivity contribution >= 4 is 27.9 Å². The van der Waals surface area contributed by atoms with Gasteiger partial charge < -0.3 is 9.64 Å². The van der Waals surface area contributed by atoms with Gasteiger partial charge in [-0.05, 0) is 36.4 Å². The van der Waals surface area contributed by atoms with Crippen LogP contribution in [0, 0.1) is 5.82 Å². The Balaban J connectivity index is 1.85. The van der Waals surface area contributed by atoms with Crippen molar-refractivity contribution in [2.45, 2.75) is 0 Å². The van der Waals surface area contributed by atoms with Crippen molar-refractivity contribution in [1.82, 2.24) is 4.90 Å². The molecule has 2 aromatic rings. The number of rotatable bonds is 6. The van der Waals surface area contributed by atoms with E-state index in [-0.39, 0.29) is 11.7 Å². The lowest BCUT2D eigenvalue weighted by atomic mass is 10.2. The molecule has 0 spiro atoms. The number of nitrogens with zero attached hydrogens (tertiary/aromatic N) is 1. The summed E-state index contributed by atoms with van der Waals surface area (Å²) in [5, 5.41) is 0. The predicted molar refractivity (Wildman–Crippen MR) is 92.7 cm³/mol. The van der Waals surface area contributed by atoms with Gasteiger partial charge in [-0.1, -0.05) is 34.1 Å². The van der Waals surface area contributed by atoms with Gasteiger partial charge in [0.25, 0.3) is 0 Å². The minimum absolute atomic E-state index is 0.207. The average Bonchev–Trinajstić information content (AvgIpc) is 2.56. The molecule has 0 radical (unpaired) electrons. The molecule has 0 aliphatic carbocycles. The van der Waals surface area contributed by atoms with Crippen molar-refractivity contribution in [3.05, 3.63) is 70.5 Å². The van der Waals surface area contributed by atoms with Gasteiger partial charge in [0.2, 0.25) is 5.91 Å². The van der Waals surface area contributed by atoms with E-state index in [0.29, 0.717) is 18.7 Å². The Morgan fingerprint density at radius 2 is 2.00 bits per heavy atom. The normalized spacial score (nSPS) is 10.7. The Morgan fingerprint density at radius 3 is 2.74 bits per heavy atom. The highest BCUT2D eigenvalue weighted by molar-refractivity contribution is 9.10. The summed E-state index contributed by atoms with van der Waals surface area (Å²) in [7, 11) is 1.68. The summed E-state index contributed by atoms with van der Waals surface area (Å²) in [5.41, 5.74) is 0.363. The molecule has 5 heteroatoms. The molecule has 0 fully saturated rings. The second kappa shape index (κ2) is 8.48. The molecule has 2 aromatic carbocycles. The summed E-state index contributed by atoms with van der Waals surface area (Å²) >= 11 is 3.28. The fraction of sp³-hybridized carbons (Fsp3) is 0.167. The monoisotopic (exact) mass is 377 g/mol. The summed E-state index contributed by atoms with van der Waals surface area (Å²) in [4.78, 5) is 13.5. The number of likely N-dealkylation sites (N-methyl/N-ethyl adjacent to an activating group) is 1. The van der Waals surface area contributed by atoms with Gasteiger partial charge >= 0.3 is 0 Å². The molecule has 1 amide bonds. The molecule has 120 valence electrons. The molecule has 23 heavy (non-hydrogen) atoms. The summed E-state index contributed by atoms with van der Waals surface area (Å²) in [6.45, 7) is 0.838. The minimum atomic E-state index is -0.368. The summed E-state index contributed by atoms with van der Waals surface area (Å²) < 4.78 is 19.9. The van der Waals surface area contributed by atoms with Crippen molar-refractivity contribution in [2.75, 3.05) is 20.2 Å². The van der Waals surface area contributed by atoms with Crippen LogP contribution in [0.2, 0.25) is 0 Å². The molecule has 0 aliphatic heterocycles. The van der Waals surface area contributed by atoms with Crippen LogP contribution >= 0.6 is 15.9 Å². The maximum atomic E-state index is 13.6. The van der Waals surface area contributed by atoms with Gasteiger partial charge in [0.15, 0.2) is 0 Å². The number of benzene rings is 2. The molecule has 0 heterocycles. The van der Waals surface area contributed by atoms with Crippen LogP contribution in [-0.4, -0.2) is 31.0 Å². The van der Waals surface area contributed by atoms with E-state index in [9.17, 15) is 9.18 Å². The molecule has 0 atom stereocenters. The number of ether oxygens (including phenoxy) is 1. The average molecular weight is 378 g/mol. The second-order valence-corrected chi connectivity index (χ2v) is 5.84. The van der Waals surface area contributed by atoms with Crippen LogP contribution in [0.3, 0.4) is 0 Å². The zero-order valence-electron chi connectivity index (χ0n) is 12.7. The van der Waals surface area contributed by atoms with Crippen molar-refractivity contribution in [3.63, 3.8) is 0 Å². The fourth-order valence-corrected chi connectivity index (χ4v) is 2.24. The number of halogens is 2. The zero-order chi connectivity index (χ0) is 16.7. The first-order valence-electron chi connectivity index (χ1n) is 7.12. The summed E-state index contributed by atoms with van der Waals surface area (Å²) in [6.07, 6.45) is 2.82. The molecule has 0 N–H and O–H groups in total. The van der Waals surface area contributed by atoms with E-state index in [2.05, 4.69) is 15.9 Å². The molecule has 0 bridgehead atoms.